The summed E-state index contributed by atoms with van der Waals surface area (Å²) in [6.45, 7) is 2.05. The summed E-state index contributed by atoms with van der Waals surface area (Å²) in [4.78, 5) is 25.7. The number of aryl methyl sites for hydroxylation is 1. The van der Waals surface area contributed by atoms with Crippen molar-refractivity contribution in [1.29, 1.82) is 0 Å². The predicted molar refractivity (Wildman–Crippen MR) is 110 cm³/mol. The minimum atomic E-state index is -0.947. The van der Waals surface area contributed by atoms with Gasteiger partial charge in [-0.1, -0.05) is 30.7 Å². The lowest BCUT2D eigenvalue weighted by Gasteiger charge is -2.41. The lowest BCUT2D eigenvalue weighted by molar-refractivity contribution is -0.130. The Kier molecular flexibility index (Phi) is 5.23. The van der Waals surface area contributed by atoms with Crippen LogP contribution in [-0.4, -0.2) is 30.1 Å². The summed E-state index contributed by atoms with van der Waals surface area (Å²) >= 11 is 6.13. The number of halogens is 1. The number of piperidine rings is 1. The van der Waals surface area contributed by atoms with Crippen molar-refractivity contribution < 1.29 is 19.4 Å². The van der Waals surface area contributed by atoms with E-state index in [9.17, 15) is 14.7 Å². The fraction of sp³-hybridized carbons (Fsp3) is 0.364. The van der Waals surface area contributed by atoms with Crippen molar-refractivity contribution in [1.82, 2.24) is 5.32 Å². The van der Waals surface area contributed by atoms with E-state index in [-0.39, 0.29) is 31.4 Å². The Morgan fingerprint density at radius 1 is 1.24 bits per heavy atom. The molecule has 2 aliphatic heterocycles. The van der Waals surface area contributed by atoms with E-state index >= 15 is 0 Å². The number of fused-ring (bicyclic) bond motifs is 2. The number of aliphatic hydroxyl groups is 1. The van der Waals surface area contributed by atoms with Crippen LogP contribution in [0.5, 0.6) is 5.75 Å². The molecule has 0 unspecified atom stereocenters. The Morgan fingerprint density at radius 3 is 2.83 bits per heavy atom. The molecule has 2 aromatic rings. The summed E-state index contributed by atoms with van der Waals surface area (Å²) < 4.78 is 5.77. The van der Waals surface area contributed by atoms with E-state index in [2.05, 4.69) is 10.6 Å². The number of amides is 2. The smallest absolute Gasteiger partial charge is 0.237 e. The molecule has 2 aromatic carbocycles. The molecule has 6 nitrogen and oxygen atoms in total. The third-order valence-corrected chi connectivity index (χ3v) is 6.04. The first-order valence-electron chi connectivity index (χ1n) is 9.77. The minimum absolute atomic E-state index is 0.106. The molecule has 1 spiro atoms. The second-order valence-corrected chi connectivity index (χ2v) is 7.85. The van der Waals surface area contributed by atoms with Crippen LogP contribution in [0.1, 0.15) is 42.5 Å². The molecule has 2 heterocycles. The van der Waals surface area contributed by atoms with E-state index < -0.39 is 11.5 Å². The number of carbonyl (C=O) groups excluding carboxylic acids is 2. The zero-order valence-corrected chi connectivity index (χ0v) is 16.9. The third kappa shape index (κ3) is 3.26. The largest absolute Gasteiger partial charge is 0.491 e. The van der Waals surface area contributed by atoms with Crippen LogP contribution < -0.4 is 15.4 Å². The Morgan fingerprint density at radius 2 is 2.07 bits per heavy atom. The number of anilines is 1. The molecule has 0 aromatic heterocycles. The molecule has 7 heteroatoms. The first-order chi connectivity index (χ1) is 14.0. The fourth-order valence-corrected chi connectivity index (χ4v) is 4.56. The van der Waals surface area contributed by atoms with Gasteiger partial charge < -0.3 is 20.5 Å². The molecule has 2 atom stereocenters. The zero-order valence-electron chi connectivity index (χ0n) is 16.1. The average molecular weight is 415 g/mol. The van der Waals surface area contributed by atoms with Crippen LogP contribution in [0.3, 0.4) is 0 Å². The quantitative estimate of drug-likeness (QED) is 0.701. The van der Waals surface area contributed by atoms with Crippen LogP contribution >= 0.6 is 11.6 Å². The second kappa shape index (κ2) is 7.69. The molecule has 0 aliphatic carbocycles. The summed E-state index contributed by atoms with van der Waals surface area (Å²) in [5.74, 6) is 0.290. The molecule has 152 valence electrons. The molecule has 1 saturated heterocycles. The van der Waals surface area contributed by atoms with Gasteiger partial charge in [0.1, 0.15) is 17.8 Å². The molecule has 4 rings (SSSR count). The lowest BCUT2D eigenvalue weighted by atomic mass is 9.67. The van der Waals surface area contributed by atoms with Gasteiger partial charge in [-0.25, -0.2) is 0 Å². The SMILES string of the molecule is CCc1ccc(OCCO)c([C@H]2NC(=O)CC[C@]23C(=O)Nc2cc(Cl)ccc23)c1. The molecule has 2 aliphatic rings. The molecule has 29 heavy (non-hydrogen) atoms. The summed E-state index contributed by atoms with van der Waals surface area (Å²) in [5.41, 5.74) is 2.36. The van der Waals surface area contributed by atoms with Gasteiger partial charge in [-0.05, 0) is 48.2 Å². The van der Waals surface area contributed by atoms with Crippen LogP contribution in [0.15, 0.2) is 36.4 Å². The standard InChI is InChI=1S/C22H23ClN2O4/c1-2-13-3-6-18(29-10-9-26)15(11-13)20-22(8-7-19(27)25-20)16-5-4-14(23)12-17(16)24-21(22)28/h3-6,11-12,20,26H,2,7-10H2,1H3,(H,24,28)(H,25,27)/t20-,22-/m1/s1. The monoisotopic (exact) mass is 414 g/mol. The van der Waals surface area contributed by atoms with E-state index in [0.29, 0.717) is 22.9 Å². The van der Waals surface area contributed by atoms with Gasteiger partial charge in [0.2, 0.25) is 11.8 Å². The molecular formula is C22H23ClN2O4. The van der Waals surface area contributed by atoms with Gasteiger partial charge in [-0.15, -0.1) is 0 Å². The number of aliphatic hydroxyl groups excluding tert-OH is 1. The van der Waals surface area contributed by atoms with Gasteiger partial charge >= 0.3 is 0 Å². The maximum absolute atomic E-state index is 13.3. The Balaban J connectivity index is 1.89. The highest BCUT2D eigenvalue weighted by Crippen LogP contribution is 2.52. The maximum Gasteiger partial charge on any atom is 0.237 e. The van der Waals surface area contributed by atoms with Crippen LogP contribution in [0, 0.1) is 0 Å². The topological polar surface area (TPSA) is 87.7 Å². The molecule has 0 saturated carbocycles. The Labute approximate surface area is 174 Å². The van der Waals surface area contributed by atoms with Gasteiger partial charge in [0.25, 0.3) is 0 Å². The highest BCUT2D eigenvalue weighted by Gasteiger charge is 2.56. The van der Waals surface area contributed by atoms with Gasteiger partial charge in [0, 0.05) is 22.7 Å². The summed E-state index contributed by atoms with van der Waals surface area (Å²) in [5, 5.41) is 15.7. The van der Waals surface area contributed by atoms with Crippen LogP contribution in [0.25, 0.3) is 0 Å². The Hall–Kier alpha value is -2.57. The van der Waals surface area contributed by atoms with Gasteiger partial charge in [-0.2, -0.15) is 0 Å². The Bertz CT molecular complexity index is 977. The fourth-order valence-electron chi connectivity index (χ4n) is 4.38. The number of carbonyl (C=O) groups is 2. The number of hydrogen-bond donors (Lipinski definition) is 3. The van der Waals surface area contributed by atoms with Gasteiger partial charge in [0.15, 0.2) is 0 Å². The van der Waals surface area contributed by atoms with Crippen molar-refractivity contribution in [3.05, 3.63) is 58.1 Å². The van der Waals surface area contributed by atoms with Crippen molar-refractivity contribution in [3.63, 3.8) is 0 Å². The molecule has 1 fully saturated rings. The normalized spacial score (nSPS) is 22.9. The number of ether oxygens (including phenoxy) is 1. The predicted octanol–water partition coefficient (Wildman–Crippen LogP) is 3.11. The van der Waals surface area contributed by atoms with Gasteiger partial charge in [0.05, 0.1) is 12.6 Å². The first-order valence-corrected chi connectivity index (χ1v) is 10.1. The molecule has 3 N–H and O–H groups in total. The summed E-state index contributed by atoms with van der Waals surface area (Å²) in [6.07, 6.45) is 1.45. The maximum atomic E-state index is 13.3. The van der Waals surface area contributed by atoms with Crippen molar-refractivity contribution in [2.24, 2.45) is 0 Å². The molecular weight excluding hydrogens is 392 g/mol. The van der Waals surface area contributed by atoms with Gasteiger partial charge in [-0.3, -0.25) is 9.59 Å². The van der Waals surface area contributed by atoms with Crippen molar-refractivity contribution in [2.75, 3.05) is 18.5 Å². The summed E-state index contributed by atoms with van der Waals surface area (Å²) in [7, 11) is 0. The number of benzene rings is 2. The summed E-state index contributed by atoms with van der Waals surface area (Å²) in [6, 6.07) is 10.5. The van der Waals surface area contributed by atoms with E-state index in [4.69, 9.17) is 16.3 Å². The second-order valence-electron chi connectivity index (χ2n) is 7.41. The van der Waals surface area contributed by atoms with Crippen LogP contribution in [0.2, 0.25) is 5.02 Å². The highest BCUT2D eigenvalue weighted by molar-refractivity contribution is 6.31. The van der Waals surface area contributed by atoms with Crippen LogP contribution in [-0.2, 0) is 21.4 Å². The van der Waals surface area contributed by atoms with Crippen molar-refractivity contribution in [3.8, 4) is 5.75 Å². The van der Waals surface area contributed by atoms with E-state index in [1.165, 1.54) is 0 Å². The third-order valence-electron chi connectivity index (χ3n) is 5.80. The molecule has 2 amide bonds. The number of nitrogens with one attached hydrogen (secondary N) is 2. The van der Waals surface area contributed by atoms with Crippen molar-refractivity contribution >= 4 is 29.1 Å². The highest BCUT2D eigenvalue weighted by atomic mass is 35.5. The average Bonchev–Trinajstić information content (AvgIpc) is 2.99. The van der Waals surface area contributed by atoms with Crippen LogP contribution in [0.4, 0.5) is 5.69 Å². The van der Waals surface area contributed by atoms with E-state index in [1.807, 2.05) is 31.2 Å². The zero-order chi connectivity index (χ0) is 20.6. The molecule has 0 bridgehead atoms. The molecule has 0 radical (unpaired) electrons. The van der Waals surface area contributed by atoms with E-state index in [0.717, 1.165) is 23.1 Å². The first kappa shape index (κ1) is 19.7. The number of rotatable bonds is 5. The number of hydrogen-bond acceptors (Lipinski definition) is 4. The van der Waals surface area contributed by atoms with Crippen molar-refractivity contribution in [2.45, 2.75) is 37.6 Å². The lowest BCUT2D eigenvalue weighted by Crippen LogP contribution is -2.52. The minimum Gasteiger partial charge on any atom is -0.491 e. The van der Waals surface area contributed by atoms with E-state index in [1.54, 1.807) is 12.1 Å².